The zero-order chi connectivity index (χ0) is 14.5. The summed E-state index contributed by atoms with van der Waals surface area (Å²) in [5, 5.41) is 2.92. The Morgan fingerprint density at radius 3 is 2.16 bits per heavy atom. The average Bonchev–Trinajstić information content (AvgIpc) is 2.26. The van der Waals surface area contributed by atoms with Crippen molar-refractivity contribution in [1.82, 2.24) is 10.0 Å². The number of rotatable bonds is 6. The maximum Gasteiger partial charge on any atom is 0.416 e. The largest absolute Gasteiger partial charge is 0.416 e. The van der Waals surface area contributed by atoms with Crippen LogP contribution >= 0.6 is 0 Å². The van der Waals surface area contributed by atoms with Crippen LogP contribution in [0.4, 0.5) is 13.2 Å². The summed E-state index contributed by atoms with van der Waals surface area (Å²) in [6.07, 6.45) is -3.27. The van der Waals surface area contributed by atoms with Gasteiger partial charge in [-0.25, -0.2) is 13.1 Å². The van der Waals surface area contributed by atoms with Crippen LogP contribution in [0.3, 0.4) is 0 Å². The minimum absolute atomic E-state index is 0.236. The van der Waals surface area contributed by atoms with Gasteiger partial charge >= 0.3 is 6.18 Å². The highest BCUT2D eigenvalue weighted by atomic mass is 32.2. The van der Waals surface area contributed by atoms with Gasteiger partial charge in [0.2, 0.25) is 10.0 Å². The first-order valence-corrected chi connectivity index (χ1v) is 7.39. The van der Waals surface area contributed by atoms with Gasteiger partial charge in [0.1, 0.15) is 0 Å². The summed E-state index contributed by atoms with van der Waals surface area (Å²) in [6, 6.07) is 4.82. The number of sulfonamides is 1. The van der Waals surface area contributed by atoms with Gasteiger partial charge in [-0.3, -0.25) is 0 Å². The predicted octanol–water partition coefficient (Wildman–Crippen LogP) is 1.34. The second-order valence-corrected chi connectivity index (χ2v) is 5.87. The monoisotopic (exact) mass is 296 g/mol. The molecule has 0 amide bonds. The first-order valence-electron chi connectivity index (χ1n) is 5.50. The molecule has 1 rings (SSSR count). The molecule has 1 aromatic rings. The van der Waals surface area contributed by atoms with Gasteiger partial charge in [0.25, 0.3) is 0 Å². The van der Waals surface area contributed by atoms with E-state index in [1.165, 1.54) is 12.1 Å². The zero-order valence-electron chi connectivity index (χ0n) is 10.3. The van der Waals surface area contributed by atoms with E-state index in [-0.39, 0.29) is 6.54 Å². The Kier molecular flexibility index (Phi) is 5.33. The number of benzene rings is 1. The average molecular weight is 296 g/mol. The minimum Gasteiger partial charge on any atom is -0.311 e. The lowest BCUT2D eigenvalue weighted by Gasteiger charge is -2.08. The molecule has 2 N–H and O–H groups in total. The van der Waals surface area contributed by atoms with E-state index in [4.69, 9.17) is 0 Å². The molecule has 0 fully saturated rings. The molecule has 0 atom stereocenters. The molecule has 0 saturated carbocycles. The molecule has 1 aromatic carbocycles. The van der Waals surface area contributed by atoms with Crippen LogP contribution in [-0.4, -0.2) is 27.8 Å². The number of halogens is 3. The van der Waals surface area contributed by atoms with Gasteiger partial charge in [-0.05, 0) is 17.7 Å². The molecule has 0 aliphatic heterocycles. The third-order valence-electron chi connectivity index (χ3n) is 2.28. The summed E-state index contributed by atoms with van der Waals surface area (Å²) in [5.41, 5.74) is 0.0161. The maximum atomic E-state index is 12.3. The molecule has 0 heterocycles. The lowest BCUT2D eigenvalue weighted by Crippen LogP contribution is -2.30. The van der Waals surface area contributed by atoms with Gasteiger partial charge in [-0.15, -0.1) is 0 Å². The van der Waals surface area contributed by atoms with E-state index >= 15 is 0 Å². The summed E-state index contributed by atoms with van der Waals surface area (Å²) in [5.74, 6) is 0. The smallest absolute Gasteiger partial charge is 0.311 e. The van der Waals surface area contributed by atoms with Gasteiger partial charge in [0.15, 0.2) is 0 Å². The molecule has 0 spiro atoms. The molecule has 108 valence electrons. The summed E-state index contributed by atoms with van der Waals surface area (Å²) in [7, 11) is -3.21. The molecule has 8 heteroatoms. The Hall–Kier alpha value is -1.12. The van der Waals surface area contributed by atoms with Crippen LogP contribution in [0.5, 0.6) is 0 Å². The SMILES string of the molecule is CS(=O)(=O)NCCNCc1ccc(C(F)(F)F)cc1. The molecule has 0 aliphatic rings. The molecule has 19 heavy (non-hydrogen) atoms. The van der Waals surface area contributed by atoms with Crippen molar-refractivity contribution in [2.45, 2.75) is 12.7 Å². The normalized spacial score (nSPS) is 12.6. The molecule has 4 nitrogen and oxygen atoms in total. The van der Waals surface area contributed by atoms with Gasteiger partial charge in [0.05, 0.1) is 11.8 Å². The van der Waals surface area contributed by atoms with E-state index in [0.717, 1.165) is 18.4 Å². The van der Waals surface area contributed by atoms with Crippen molar-refractivity contribution in [2.24, 2.45) is 0 Å². The topological polar surface area (TPSA) is 58.2 Å². The number of hydrogen-bond donors (Lipinski definition) is 2. The van der Waals surface area contributed by atoms with E-state index in [9.17, 15) is 21.6 Å². The van der Waals surface area contributed by atoms with Crippen molar-refractivity contribution in [2.75, 3.05) is 19.3 Å². The fraction of sp³-hybridized carbons (Fsp3) is 0.455. The lowest BCUT2D eigenvalue weighted by atomic mass is 10.1. The van der Waals surface area contributed by atoms with E-state index < -0.39 is 21.8 Å². The maximum absolute atomic E-state index is 12.3. The molecule has 0 saturated heterocycles. The first kappa shape index (κ1) is 15.9. The number of alkyl halides is 3. The third-order valence-corrected chi connectivity index (χ3v) is 3.00. The van der Waals surface area contributed by atoms with Crippen molar-refractivity contribution in [3.63, 3.8) is 0 Å². The van der Waals surface area contributed by atoms with Crippen LogP contribution in [-0.2, 0) is 22.7 Å². The van der Waals surface area contributed by atoms with Gasteiger partial charge < -0.3 is 5.32 Å². The molecule has 0 unspecified atom stereocenters. The van der Waals surface area contributed by atoms with E-state index in [2.05, 4.69) is 10.0 Å². The highest BCUT2D eigenvalue weighted by Crippen LogP contribution is 2.28. The molecule has 0 aliphatic carbocycles. The molecular formula is C11H15F3N2O2S. The van der Waals surface area contributed by atoms with Crippen molar-refractivity contribution in [1.29, 1.82) is 0 Å². The zero-order valence-corrected chi connectivity index (χ0v) is 11.1. The van der Waals surface area contributed by atoms with E-state index in [0.29, 0.717) is 18.7 Å². The molecule has 0 bridgehead atoms. The van der Waals surface area contributed by atoms with Crippen LogP contribution in [0.2, 0.25) is 0 Å². The Morgan fingerprint density at radius 2 is 1.68 bits per heavy atom. The second kappa shape index (κ2) is 6.36. The standard InChI is InChI=1S/C11H15F3N2O2S/c1-19(17,18)16-7-6-15-8-9-2-4-10(5-3-9)11(12,13)14/h2-5,15-16H,6-8H2,1H3. The second-order valence-electron chi connectivity index (χ2n) is 4.04. The third kappa shape index (κ3) is 6.55. The Labute approximate surface area is 110 Å². The number of hydrogen-bond acceptors (Lipinski definition) is 3. The molecule has 0 radical (unpaired) electrons. The Morgan fingerprint density at radius 1 is 1.11 bits per heavy atom. The highest BCUT2D eigenvalue weighted by Gasteiger charge is 2.29. The van der Waals surface area contributed by atoms with Crippen LogP contribution in [0.1, 0.15) is 11.1 Å². The summed E-state index contributed by atoms with van der Waals surface area (Å²) in [6.45, 7) is 1.01. The van der Waals surface area contributed by atoms with Crippen LogP contribution in [0.25, 0.3) is 0 Å². The van der Waals surface area contributed by atoms with Crippen molar-refractivity contribution in [3.05, 3.63) is 35.4 Å². The van der Waals surface area contributed by atoms with Crippen molar-refractivity contribution >= 4 is 10.0 Å². The predicted molar refractivity (Wildman–Crippen MR) is 66.0 cm³/mol. The highest BCUT2D eigenvalue weighted by molar-refractivity contribution is 7.88. The van der Waals surface area contributed by atoms with Crippen molar-refractivity contribution < 1.29 is 21.6 Å². The fourth-order valence-corrected chi connectivity index (χ4v) is 1.84. The molecular weight excluding hydrogens is 281 g/mol. The summed E-state index contributed by atoms with van der Waals surface area (Å²) in [4.78, 5) is 0. The first-order chi connectivity index (χ1) is 8.68. The molecule has 0 aromatic heterocycles. The lowest BCUT2D eigenvalue weighted by molar-refractivity contribution is -0.137. The van der Waals surface area contributed by atoms with Gasteiger partial charge in [-0.2, -0.15) is 13.2 Å². The number of nitrogens with one attached hydrogen (secondary N) is 2. The Bertz CT molecular complexity index is 498. The van der Waals surface area contributed by atoms with Gasteiger partial charge in [-0.1, -0.05) is 12.1 Å². The quantitative estimate of drug-likeness (QED) is 0.779. The van der Waals surface area contributed by atoms with Crippen LogP contribution in [0, 0.1) is 0 Å². The summed E-state index contributed by atoms with van der Waals surface area (Å²) >= 11 is 0. The van der Waals surface area contributed by atoms with E-state index in [1.807, 2.05) is 0 Å². The van der Waals surface area contributed by atoms with Crippen LogP contribution in [0.15, 0.2) is 24.3 Å². The minimum atomic E-state index is -4.33. The Balaban J connectivity index is 2.35. The fourth-order valence-electron chi connectivity index (χ4n) is 1.37. The van der Waals surface area contributed by atoms with Gasteiger partial charge in [0, 0.05) is 19.6 Å². The van der Waals surface area contributed by atoms with Crippen LogP contribution < -0.4 is 10.0 Å². The summed E-state index contributed by atoms with van der Waals surface area (Å²) < 4.78 is 60.7. The van der Waals surface area contributed by atoms with Crippen molar-refractivity contribution in [3.8, 4) is 0 Å². The van der Waals surface area contributed by atoms with E-state index in [1.54, 1.807) is 0 Å².